The maximum atomic E-state index is 13.1. The fourth-order valence-electron chi connectivity index (χ4n) is 3.80. The molecule has 0 spiro atoms. The summed E-state index contributed by atoms with van der Waals surface area (Å²) in [4.78, 5) is 13.1. The Bertz CT molecular complexity index is 1070. The summed E-state index contributed by atoms with van der Waals surface area (Å²) in [7, 11) is -0.590. The monoisotopic (exact) mass is 480 g/mol. The lowest BCUT2D eigenvalue weighted by molar-refractivity contribution is 0.0939. The molecular weight excluding hydrogens is 452 g/mol. The van der Waals surface area contributed by atoms with Crippen LogP contribution < -0.4 is 14.8 Å². The molecule has 1 atom stereocenters. The summed E-state index contributed by atoms with van der Waals surface area (Å²) in [5, 5.41) is 3.06. The number of benzene rings is 2. The van der Waals surface area contributed by atoms with Crippen molar-refractivity contribution in [3.63, 3.8) is 0 Å². The molecule has 3 rings (SSSR count). The van der Waals surface area contributed by atoms with Crippen molar-refractivity contribution in [2.75, 3.05) is 27.3 Å². The number of methoxy groups -OCH3 is 2. The van der Waals surface area contributed by atoms with Crippen molar-refractivity contribution in [2.24, 2.45) is 0 Å². The van der Waals surface area contributed by atoms with Crippen LogP contribution in [0.3, 0.4) is 0 Å². The van der Waals surface area contributed by atoms with E-state index in [1.54, 1.807) is 39.3 Å². The molecule has 7 nitrogen and oxygen atoms in total. The number of amides is 1. The van der Waals surface area contributed by atoms with Crippen molar-refractivity contribution in [3.8, 4) is 11.5 Å². The summed E-state index contributed by atoms with van der Waals surface area (Å²) in [6.07, 6.45) is 3.71. The van der Waals surface area contributed by atoms with E-state index >= 15 is 0 Å². The molecule has 1 amide bonds. The summed E-state index contributed by atoms with van der Waals surface area (Å²) < 4.78 is 38.5. The van der Waals surface area contributed by atoms with Gasteiger partial charge >= 0.3 is 0 Å². The van der Waals surface area contributed by atoms with Crippen molar-refractivity contribution in [2.45, 2.75) is 43.5 Å². The van der Waals surface area contributed by atoms with Gasteiger partial charge < -0.3 is 14.8 Å². The van der Waals surface area contributed by atoms with Gasteiger partial charge in [-0.25, -0.2) is 8.42 Å². The first-order valence-corrected chi connectivity index (χ1v) is 12.4. The lowest BCUT2D eigenvalue weighted by Crippen LogP contribution is -2.32. The standard InChI is InChI=1S/C23H29ClN2O5S/c1-16(19-14-17(30-2)8-11-22(19)31-3)25-23(27)20-15-18(9-10-21(20)24)32(28,29)26-12-6-4-5-7-13-26/h8-11,14-16H,4-7,12-13H2,1-3H3,(H,25,27). The van der Waals surface area contributed by atoms with Crippen LogP contribution in [0.5, 0.6) is 11.5 Å². The molecule has 1 saturated heterocycles. The fraction of sp³-hybridized carbons (Fsp3) is 0.435. The minimum Gasteiger partial charge on any atom is -0.497 e. The zero-order chi connectivity index (χ0) is 23.3. The van der Waals surface area contributed by atoms with Gasteiger partial charge in [0.2, 0.25) is 10.0 Å². The van der Waals surface area contributed by atoms with Crippen LogP contribution in [0.1, 0.15) is 54.6 Å². The third-order valence-electron chi connectivity index (χ3n) is 5.64. The molecular formula is C23H29ClN2O5S. The van der Waals surface area contributed by atoms with E-state index in [2.05, 4.69) is 5.32 Å². The van der Waals surface area contributed by atoms with Crippen LogP contribution >= 0.6 is 11.6 Å². The lowest BCUT2D eigenvalue weighted by atomic mass is 10.1. The van der Waals surface area contributed by atoms with E-state index in [4.69, 9.17) is 21.1 Å². The van der Waals surface area contributed by atoms with Gasteiger partial charge in [-0.1, -0.05) is 24.4 Å². The van der Waals surface area contributed by atoms with Gasteiger partial charge in [-0.05, 0) is 56.2 Å². The molecule has 1 fully saturated rings. The molecule has 174 valence electrons. The number of nitrogens with one attached hydrogen (secondary N) is 1. The molecule has 0 radical (unpaired) electrons. The smallest absolute Gasteiger partial charge is 0.253 e. The highest BCUT2D eigenvalue weighted by Gasteiger charge is 2.27. The van der Waals surface area contributed by atoms with Gasteiger partial charge in [0.15, 0.2) is 0 Å². The number of ether oxygens (including phenoxy) is 2. The van der Waals surface area contributed by atoms with Crippen LogP contribution in [0.4, 0.5) is 0 Å². The molecule has 32 heavy (non-hydrogen) atoms. The minimum atomic E-state index is -3.70. The van der Waals surface area contributed by atoms with Crippen LogP contribution in [0.15, 0.2) is 41.3 Å². The summed E-state index contributed by atoms with van der Waals surface area (Å²) >= 11 is 6.27. The molecule has 1 N–H and O–H groups in total. The summed E-state index contributed by atoms with van der Waals surface area (Å²) in [6.45, 7) is 2.78. The van der Waals surface area contributed by atoms with Gasteiger partial charge in [0.05, 0.1) is 35.7 Å². The molecule has 0 bridgehead atoms. The van der Waals surface area contributed by atoms with Crippen LogP contribution in [0.25, 0.3) is 0 Å². The number of carbonyl (C=O) groups is 1. The Hall–Kier alpha value is -2.29. The molecule has 1 aliphatic heterocycles. The van der Waals surface area contributed by atoms with E-state index in [1.165, 1.54) is 22.5 Å². The molecule has 9 heteroatoms. The topological polar surface area (TPSA) is 84.9 Å². The van der Waals surface area contributed by atoms with Crippen molar-refractivity contribution >= 4 is 27.5 Å². The molecule has 1 unspecified atom stereocenters. The summed E-state index contributed by atoms with van der Waals surface area (Å²) in [5.41, 5.74) is 0.834. The predicted molar refractivity (Wildman–Crippen MR) is 124 cm³/mol. The Morgan fingerprint density at radius 1 is 1.03 bits per heavy atom. The largest absolute Gasteiger partial charge is 0.497 e. The molecule has 0 aliphatic carbocycles. The zero-order valence-electron chi connectivity index (χ0n) is 18.6. The van der Waals surface area contributed by atoms with E-state index in [1.807, 2.05) is 0 Å². The summed E-state index contributed by atoms with van der Waals surface area (Å²) in [5.74, 6) is 0.757. The molecule has 1 aliphatic rings. The summed E-state index contributed by atoms with van der Waals surface area (Å²) in [6, 6.07) is 9.14. The van der Waals surface area contributed by atoms with Gasteiger partial charge in [0.1, 0.15) is 11.5 Å². The van der Waals surface area contributed by atoms with E-state index in [0.717, 1.165) is 31.2 Å². The van der Waals surface area contributed by atoms with Crippen molar-refractivity contribution in [1.29, 1.82) is 0 Å². The van der Waals surface area contributed by atoms with Gasteiger partial charge in [-0.15, -0.1) is 0 Å². The highest BCUT2D eigenvalue weighted by molar-refractivity contribution is 7.89. The highest BCUT2D eigenvalue weighted by Crippen LogP contribution is 2.30. The molecule has 1 heterocycles. The van der Waals surface area contributed by atoms with E-state index < -0.39 is 22.0 Å². The third-order valence-corrected chi connectivity index (χ3v) is 7.86. The van der Waals surface area contributed by atoms with Crippen molar-refractivity contribution in [1.82, 2.24) is 9.62 Å². The quantitative estimate of drug-likeness (QED) is 0.634. The maximum Gasteiger partial charge on any atom is 0.253 e. The Kier molecular flexibility index (Phi) is 8.03. The van der Waals surface area contributed by atoms with Crippen molar-refractivity contribution in [3.05, 3.63) is 52.5 Å². The Morgan fingerprint density at radius 3 is 2.34 bits per heavy atom. The van der Waals surface area contributed by atoms with E-state index in [-0.39, 0.29) is 15.5 Å². The first kappa shape index (κ1) is 24.4. The SMILES string of the molecule is COc1ccc(OC)c(C(C)NC(=O)c2cc(S(=O)(=O)N3CCCCCC3)ccc2Cl)c1. The number of hydrogen-bond donors (Lipinski definition) is 1. The molecule has 0 aromatic heterocycles. The molecule has 0 saturated carbocycles. The first-order chi connectivity index (χ1) is 15.3. The Morgan fingerprint density at radius 2 is 1.72 bits per heavy atom. The van der Waals surface area contributed by atoms with Crippen LogP contribution in [0.2, 0.25) is 5.02 Å². The number of carbonyl (C=O) groups excluding carboxylic acids is 1. The average molecular weight is 481 g/mol. The Balaban J connectivity index is 1.86. The van der Waals surface area contributed by atoms with Gasteiger partial charge in [-0.3, -0.25) is 4.79 Å². The number of hydrogen-bond acceptors (Lipinski definition) is 5. The van der Waals surface area contributed by atoms with E-state index in [0.29, 0.717) is 24.6 Å². The van der Waals surface area contributed by atoms with Crippen LogP contribution in [-0.2, 0) is 10.0 Å². The zero-order valence-corrected chi connectivity index (χ0v) is 20.1. The second-order valence-electron chi connectivity index (χ2n) is 7.76. The molecule has 2 aromatic carbocycles. The van der Waals surface area contributed by atoms with Gasteiger partial charge in [0.25, 0.3) is 5.91 Å². The average Bonchev–Trinajstić information content (AvgIpc) is 3.09. The van der Waals surface area contributed by atoms with Gasteiger partial charge in [0, 0.05) is 18.7 Å². The number of halogens is 1. The van der Waals surface area contributed by atoms with Gasteiger partial charge in [-0.2, -0.15) is 4.31 Å². The van der Waals surface area contributed by atoms with Crippen LogP contribution in [-0.4, -0.2) is 45.9 Å². The second-order valence-corrected chi connectivity index (χ2v) is 10.1. The van der Waals surface area contributed by atoms with E-state index in [9.17, 15) is 13.2 Å². The van der Waals surface area contributed by atoms with Crippen LogP contribution in [0, 0.1) is 0 Å². The first-order valence-electron chi connectivity index (χ1n) is 10.6. The predicted octanol–water partition coefficient (Wildman–Crippen LogP) is 4.41. The van der Waals surface area contributed by atoms with Crippen molar-refractivity contribution < 1.29 is 22.7 Å². The minimum absolute atomic E-state index is 0.0700. The maximum absolute atomic E-state index is 13.1. The highest BCUT2D eigenvalue weighted by atomic mass is 35.5. The number of sulfonamides is 1. The number of nitrogens with zero attached hydrogens (tertiary/aromatic N) is 1. The molecule has 2 aromatic rings. The third kappa shape index (κ3) is 5.36. The lowest BCUT2D eigenvalue weighted by Gasteiger charge is -2.21. The fourth-order valence-corrected chi connectivity index (χ4v) is 5.55. The second kappa shape index (κ2) is 10.6. The normalized spacial score (nSPS) is 16.1. The number of rotatable bonds is 7. The Labute approximate surface area is 194 Å².